The van der Waals surface area contributed by atoms with Gasteiger partial charge in [-0.2, -0.15) is 0 Å². The van der Waals surface area contributed by atoms with Gasteiger partial charge in [0.1, 0.15) is 0 Å². The van der Waals surface area contributed by atoms with Gasteiger partial charge in [-0.05, 0) is 20.3 Å². The zero-order chi connectivity index (χ0) is 12.0. The van der Waals surface area contributed by atoms with Crippen molar-refractivity contribution in [3.63, 3.8) is 0 Å². The molecule has 0 spiro atoms. The molecule has 90 valence electrons. The number of ether oxygens (including phenoxy) is 1. The van der Waals surface area contributed by atoms with Gasteiger partial charge in [-0.25, -0.2) is 9.78 Å². The second-order valence-corrected chi connectivity index (χ2v) is 4.45. The summed E-state index contributed by atoms with van der Waals surface area (Å²) in [5.41, 5.74) is 0.387. The maximum Gasteiger partial charge on any atom is 0.357 e. The Labute approximate surface area is 100 Å². The van der Waals surface area contributed by atoms with Crippen molar-refractivity contribution in [2.45, 2.75) is 39.7 Å². The standard InChI is InChI=1S/C11H18N2O2S/c1-4-6-8(3)12-11-13-9(7-16-11)10(14)15-5-2/h7-8H,4-6H2,1-3H3,(H,12,13). The van der Waals surface area contributed by atoms with Crippen LogP contribution in [-0.4, -0.2) is 23.6 Å². The molecule has 0 saturated heterocycles. The van der Waals surface area contributed by atoms with E-state index in [2.05, 4.69) is 24.1 Å². The van der Waals surface area contributed by atoms with E-state index in [1.807, 2.05) is 0 Å². The highest BCUT2D eigenvalue weighted by molar-refractivity contribution is 7.13. The average Bonchev–Trinajstić information content (AvgIpc) is 2.67. The number of thiazole rings is 1. The number of hydrogen-bond donors (Lipinski definition) is 1. The Morgan fingerprint density at radius 3 is 3.00 bits per heavy atom. The molecule has 0 aliphatic heterocycles. The molecular weight excluding hydrogens is 224 g/mol. The highest BCUT2D eigenvalue weighted by atomic mass is 32.1. The molecule has 1 N–H and O–H groups in total. The van der Waals surface area contributed by atoms with Gasteiger partial charge in [0, 0.05) is 11.4 Å². The van der Waals surface area contributed by atoms with Gasteiger partial charge in [-0.15, -0.1) is 11.3 Å². The largest absolute Gasteiger partial charge is 0.461 e. The summed E-state index contributed by atoms with van der Waals surface area (Å²) in [5, 5.41) is 5.76. The van der Waals surface area contributed by atoms with Crippen molar-refractivity contribution in [2.75, 3.05) is 11.9 Å². The zero-order valence-electron chi connectivity index (χ0n) is 9.95. The molecule has 0 fully saturated rings. The highest BCUT2D eigenvalue weighted by Gasteiger charge is 2.12. The summed E-state index contributed by atoms with van der Waals surface area (Å²) in [4.78, 5) is 15.5. The van der Waals surface area contributed by atoms with E-state index in [9.17, 15) is 4.79 Å². The highest BCUT2D eigenvalue weighted by Crippen LogP contribution is 2.17. The van der Waals surface area contributed by atoms with Crippen LogP contribution in [0.1, 0.15) is 44.1 Å². The van der Waals surface area contributed by atoms with Crippen molar-refractivity contribution in [1.29, 1.82) is 0 Å². The lowest BCUT2D eigenvalue weighted by molar-refractivity contribution is 0.0520. The Morgan fingerprint density at radius 2 is 2.38 bits per heavy atom. The Hall–Kier alpha value is -1.10. The third-order valence-electron chi connectivity index (χ3n) is 2.08. The van der Waals surface area contributed by atoms with E-state index in [4.69, 9.17) is 4.74 Å². The van der Waals surface area contributed by atoms with Crippen LogP contribution in [0.2, 0.25) is 0 Å². The van der Waals surface area contributed by atoms with Crippen molar-refractivity contribution >= 4 is 22.4 Å². The fourth-order valence-corrected chi connectivity index (χ4v) is 2.15. The normalized spacial score (nSPS) is 12.2. The van der Waals surface area contributed by atoms with E-state index in [0.29, 0.717) is 18.3 Å². The van der Waals surface area contributed by atoms with E-state index in [1.165, 1.54) is 11.3 Å². The average molecular weight is 242 g/mol. The van der Waals surface area contributed by atoms with Gasteiger partial charge >= 0.3 is 5.97 Å². The van der Waals surface area contributed by atoms with Crippen LogP contribution in [0, 0.1) is 0 Å². The van der Waals surface area contributed by atoms with Crippen molar-refractivity contribution < 1.29 is 9.53 Å². The Morgan fingerprint density at radius 1 is 1.62 bits per heavy atom. The molecule has 0 aromatic carbocycles. The molecule has 0 aliphatic carbocycles. The minimum atomic E-state index is -0.352. The molecule has 1 heterocycles. The smallest absolute Gasteiger partial charge is 0.357 e. The maximum absolute atomic E-state index is 11.4. The van der Waals surface area contributed by atoms with Crippen molar-refractivity contribution in [1.82, 2.24) is 4.98 Å². The number of rotatable bonds is 6. The maximum atomic E-state index is 11.4. The fraction of sp³-hybridized carbons (Fsp3) is 0.636. The molecule has 4 nitrogen and oxygen atoms in total. The summed E-state index contributed by atoms with van der Waals surface area (Å²) in [6.07, 6.45) is 2.22. The van der Waals surface area contributed by atoms with Crippen molar-refractivity contribution in [2.24, 2.45) is 0 Å². The number of carbonyl (C=O) groups excluding carboxylic acids is 1. The molecule has 1 rings (SSSR count). The van der Waals surface area contributed by atoms with Gasteiger partial charge in [-0.1, -0.05) is 13.3 Å². The SMILES string of the molecule is CCCC(C)Nc1nc(C(=O)OCC)cs1. The third kappa shape index (κ3) is 3.81. The summed E-state index contributed by atoms with van der Waals surface area (Å²) in [6, 6.07) is 0.381. The molecule has 0 amide bonds. The first kappa shape index (κ1) is 13.0. The lowest BCUT2D eigenvalue weighted by Gasteiger charge is -2.10. The number of nitrogens with one attached hydrogen (secondary N) is 1. The van der Waals surface area contributed by atoms with Crippen LogP contribution in [0.15, 0.2) is 5.38 Å². The van der Waals surface area contributed by atoms with Crippen molar-refractivity contribution in [3.8, 4) is 0 Å². The third-order valence-corrected chi connectivity index (χ3v) is 2.85. The minimum absolute atomic E-state index is 0.352. The molecular formula is C11H18N2O2S. The predicted molar refractivity (Wildman–Crippen MR) is 66.1 cm³/mol. The van der Waals surface area contributed by atoms with E-state index in [1.54, 1.807) is 12.3 Å². The zero-order valence-corrected chi connectivity index (χ0v) is 10.8. The number of aromatic nitrogens is 1. The number of anilines is 1. The van der Waals surface area contributed by atoms with Crippen LogP contribution in [0.25, 0.3) is 0 Å². The second-order valence-electron chi connectivity index (χ2n) is 3.59. The molecule has 5 heteroatoms. The predicted octanol–water partition coefficient (Wildman–Crippen LogP) is 2.92. The van der Waals surface area contributed by atoms with Gasteiger partial charge in [0.15, 0.2) is 10.8 Å². The van der Waals surface area contributed by atoms with Crippen LogP contribution in [-0.2, 0) is 4.74 Å². The van der Waals surface area contributed by atoms with Crippen LogP contribution < -0.4 is 5.32 Å². The molecule has 1 unspecified atom stereocenters. The number of carbonyl (C=O) groups is 1. The van der Waals surface area contributed by atoms with Gasteiger partial charge in [0.05, 0.1) is 6.61 Å². The number of esters is 1. The van der Waals surface area contributed by atoms with Gasteiger partial charge in [0.2, 0.25) is 0 Å². The lowest BCUT2D eigenvalue weighted by atomic mass is 10.2. The first-order valence-electron chi connectivity index (χ1n) is 5.56. The van der Waals surface area contributed by atoms with Crippen LogP contribution >= 0.6 is 11.3 Å². The van der Waals surface area contributed by atoms with Crippen LogP contribution in [0.4, 0.5) is 5.13 Å². The molecule has 16 heavy (non-hydrogen) atoms. The summed E-state index contributed by atoms with van der Waals surface area (Å²) in [5.74, 6) is -0.352. The van der Waals surface area contributed by atoms with Gasteiger partial charge < -0.3 is 10.1 Å². The van der Waals surface area contributed by atoms with Crippen molar-refractivity contribution in [3.05, 3.63) is 11.1 Å². The first-order chi connectivity index (χ1) is 7.67. The van der Waals surface area contributed by atoms with Gasteiger partial charge in [-0.3, -0.25) is 0 Å². The Kier molecular flexibility index (Phi) is 5.25. The molecule has 0 bridgehead atoms. The molecule has 1 atom stereocenters. The van der Waals surface area contributed by atoms with E-state index < -0.39 is 0 Å². The lowest BCUT2D eigenvalue weighted by Crippen LogP contribution is -2.14. The number of nitrogens with zero attached hydrogens (tertiary/aromatic N) is 1. The Balaban J connectivity index is 2.54. The molecule has 1 aromatic rings. The van der Waals surface area contributed by atoms with Crippen LogP contribution in [0.5, 0.6) is 0 Å². The second kappa shape index (κ2) is 6.48. The molecule has 0 radical (unpaired) electrons. The van der Waals surface area contributed by atoms with E-state index in [0.717, 1.165) is 18.0 Å². The quantitative estimate of drug-likeness (QED) is 0.779. The monoisotopic (exact) mass is 242 g/mol. The minimum Gasteiger partial charge on any atom is -0.461 e. The summed E-state index contributed by atoms with van der Waals surface area (Å²) < 4.78 is 4.87. The molecule has 0 saturated carbocycles. The summed E-state index contributed by atoms with van der Waals surface area (Å²) in [6.45, 7) is 6.41. The summed E-state index contributed by atoms with van der Waals surface area (Å²) in [7, 11) is 0. The van der Waals surface area contributed by atoms with Gasteiger partial charge in [0.25, 0.3) is 0 Å². The summed E-state index contributed by atoms with van der Waals surface area (Å²) >= 11 is 1.43. The topological polar surface area (TPSA) is 51.2 Å². The van der Waals surface area contributed by atoms with E-state index in [-0.39, 0.29) is 5.97 Å². The van der Waals surface area contributed by atoms with E-state index >= 15 is 0 Å². The van der Waals surface area contributed by atoms with Crippen LogP contribution in [0.3, 0.4) is 0 Å². The number of hydrogen-bond acceptors (Lipinski definition) is 5. The molecule has 1 aromatic heterocycles. The first-order valence-corrected chi connectivity index (χ1v) is 6.44. The molecule has 0 aliphatic rings. The fourth-order valence-electron chi connectivity index (χ4n) is 1.35. The Bertz CT molecular complexity index is 338.